The SMILES string of the molecule is CN(Cc1cnccn1)C(=O)c1ccc(C(F)(F)F)cc1Cl. The number of alkyl halides is 3. The third-order valence-corrected chi connectivity index (χ3v) is 3.20. The van der Waals surface area contributed by atoms with Gasteiger partial charge in [0.2, 0.25) is 0 Å². The lowest BCUT2D eigenvalue weighted by Gasteiger charge is -2.18. The Balaban J connectivity index is 2.19. The van der Waals surface area contributed by atoms with E-state index in [1.54, 1.807) is 0 Å². The molecule has 116 valence electrons. The van der Waals surface area contributed by atoms with E-state index in [4.69, 9.17) is 11.6 Å². The number of hydrogen-bond donors (Lipinski definition) is 0. The van der Waals surface area contributed by atoms with Gasteiger partial charge in [-0.2, -0.15) is 13.2 Å². The first-order valence-corrected chi connectivity index (χ1v) is 6.54. The molecule has 0 saturated heterocycles. The predicted octanol–water partition coefficient (Wildman–Crippen LogP) is 3.42. The zero-order valence-electron chi connectivity index (χ0n) is 11.4. The second kappa shape index (κ2) is 6.31. The standard InChI is InChI=1S/C14H11ClF3N3O/c1-21(8-10-7-19-4-5-20-10)13(22)11-3-2-9(6-12(11)15)14(16,17)18/h2-7H,8H2,1H3. The minimum absolute atomic E-state index is 0.000979. The van der Waals surface area contributed by atoms with E-state index in [1.165, 1.54) is 30.5 Å². The van der Waals surface area contributed by atoms with Gasteiger partial charge < -0.3 is 4.90 Å². The Kier molecular flexibility index (Phi) is 4.65. The van der Waals surface area contributed by atoms with Crippen LogP contribution in [0.4, 0.5) is 13.2 Å². The van der Waals surface area contributed by atoms with Crippen LogP contribution in [0, 0.1) is 0 Å². The Bertz CT molecular complexity index is 677. The highest BCUT2D eigenvalue weighted by Gasteiger charge is 2.31. The van der Waals surface area contributed by atoms with Crippen molar-refractivity contribution in [2.24, 2.45) is 0 Å². The molecule has 2 aromatic rings. The van der Waals surface area contributed by atoms with Gasteiger partial charge in [-0.25, -0.2) is 0 Å². The molecule has 1 aromatic heterocycles. The molecule has 1 amide bonds. The Morgan fingerprint density at radius 3 is 2.59 bits per heavy atom. The number of aromatic nitrogens is 2. The summed E-state index contributed by atoms with van der Waals surface area (Å²) < 4.78 is 37.7. The molecule has 8 heteroatoms. The van der Waals surface area contributed by atoms with Crippen LogP contribution in [0.3, 0.4) is 0 Å². The third-order valence-electron chi connectivity index (χ3n) is 2.89. The van der Waals surface area contributed by atoms with Gasteiger partial charge in [0.05, 0.1) is 34.6 Å². The number of benzene rings is 1. The summed E-state index contributed by atoms with van der Waals surface area (Å²) in [6.45, 7) is 0.171. The monoisotopic (exact) mass is 329 g/mol. The molecule has 0 aliphatic rings. The lowest BCUT2D eigenvalue weighted by atomic mass is 10.1. The van der Waals surface area contributed by atoms with E-state index in [-0.39, 0.29) is 17.1 Å². The Morgan fingerprint density at radius 2 is 2.05 bits per heavy atom. The van der Waals surface area contributed by atoms with Gasteiger partial charge in [-0.1, -0.05) is 11.6 Å². The summed E-state index contributed by atoms with van der Waals surface area (Å²) in [4.78, 5) is 21.4. The van der Waals surface area contributed by atoms with Gasteiger partial charge in [0.15, 0.2) is 0 Å². The summed E-state index contributed by atoms with van der Waals surface area (Å²) in [5.41, 5.74) is -0.340. The topological polar surface area (TPSA) is 46.1 Å². The van der Waals surface area contributed by atoms with Crippen LogP contribution in [-0.4, -0.2) is 27.8 Å². The number of nitrogens with zero attached hydrogens (tertiary/aromatic N) is 3. The quantitative estimate of drug-likeness (QED) is 0.866. The smallest absolute Gasteiger partial charge is 0.336 e. The summed E-state index contributed by atoms with van der Waals surface area (Å²) >= 11 is 5.80. The number of rotatable bonds is 3. The Hall–Kier alpha value is -2.15. The van der Waals surface area contributed by atoms with Gasteiger partial charge in [-0.3, -0.25) is 14.8 Å². The van der Waals surface area contributed by atoms with Gasteiger partial charge >= 0.3 is 6.18 Å². The molecule has 22 heavy (non-hydrogen) atoms. The Morgan fingerprint density at radius 1 is 1.32 bits per heavy atom. The number of carbonyl (C=O) groups is 1. The van der Waals surface area contributed by atoms with E-state index >= 15 is 0 Å². The number of amides is 1. The number of hydrogen-bond acceptors (Lipinski definition) is 3. The van der Waals surface area contributed by atoms with Crippen molar-refractivity contribution in [2.45, 2.75) is 12.7 Å². The maximum Gasteiger partial charge on any atom is 0.416 e. The fourth-order valence-electron chi connectivity index (χ4n) is 1.80. The van der Waals surface area contributed by atoms with Crippen LogP contribution >= 0.6 is 11.6 Å². The largest absolute Gasteiger partial charge is 0.416 e. The highest BCUT2D eigenvalue weighted by Crippen LogP contribution is 2.32. The molecule has 0 aliphatic carbocycles. The van der Waals surface area contributed by atoms with Crippen molar-refractivity contribution in [2.75, 3.05) is 7.05 Å². The summed E-state index contributed by atoms with van der Waals surface area (Å²) in [6.07, 6.45) is -0.0221. The van der Waals surface area contributed by atoms with Gasteiger partial charge in [-0.05, 0) is 18.2 Å². The molecule has 0 N–H and O–H groups in total. The molecule has 0 saturated carbocycles. The van der Waals surface area contributed by atoms with Crippen LogP contribution in [0.5, 0.6) is 0 Å². The van der Waals surface area contributed by atoms with Crippen LogP contribution in [0.25, 0.3) is 0 Å². The first kappa shape index (κ1) is 16.2. The highest BCUT2D eigenvalue weighted by atomic mass is 35.5. The van der Waals surface area contributed by atoms with Crippen molar-refractivity contribution < 1.29 is 18.0 Å². The van der Waals surface area contributed by atoms with Crippen molar-refractivity contribution in [3.05, 3.63) is 58.6 Å². The third kappa shape index (κ3) is 3.73. The van der Waals surface area contributed by atoms with Crippen molar-refractivity contribution in [1.82, 2.24) is 14.9 Å². The number of carbonyl (C=O) groups excluding carboxylic acids is 1. The summed E-state index contributed by atoms with van der Waals surface area (Å²) in [5.74, 6) is -0.496. The van der Waals surface area contributed by atoms with Crippen LogP contribution in [0.15, 0.2) is 36.8 Å². The maximum atomic E-state index is 12.6. The van der Waals surface area contributed by atoms with Gasteiger partial charge in [0.25, 0.3) is 5.91 Å². The molecule has 1 heterocycles. The van der Waals surface area contributed by atoms with E-state index in [9.17, 15) is 18.0 Å². The average molecular weight is 330 g/mol. The van der Waals surface area contributed by atoms with Gasteiger partial charge in [0, 0.05) is 19.4 Å². The van der Waals surface area contributed by atoms with E-state index in [2.05, 4.69) is 9.97 Å². The Labute approximate surface area is 129 Å². The minimum atomic E-state index is -4.50. The van der Waals surface area contributed by atoms with Crippen molar-refractivity contribution >= 4 is 17.5 Å². The molecule has 1 aromatic carbocycles. The van der Waals surface area contributed by atoms with Crippen LogP contribution in [-0.2, 0) is 12.7 Å². The average Bonchev–Trinajstić information content (AvgIpc) is 2.46. The molecular formula is C14H11ClF3N3O. The zero-order valence-corrected chi connectivity index (χ0v) is 12.2. The summed E-state index contributed by atoms with van der Waals surface area (Å²) in [6, 6.07) is 2.64. The molecular weight excluding hydrogens is 319 g/mol. The molecule has 0 bridgehead atoms. The molecule has 0 spiro atoms. The van der Waals surface area contributed by atoms with Crippen molar-refractivity contribution in [1.29, 1.82) is 0 Å². The van der Waals surface area contributed by atoms with Crippen molar-refractivity contribution in [3.8, 4) is 0 Å². The maximum absolute atomic E-state index is 12.6. The first-order chi connectivity index (χ1) is 10.3. The van der Waals surface area contributed by atoms with Gasteiger partial charge in [0.1, 0.15) is 0 Å². The summed E-state index contributed by atoms with van der Waals surface area (Å²) in [5, 5.41) is -0.245. The van der Waals surface area contributed by atoms with E-state index in [0.717, 1.165) is 18.2 Å². The molecule has 0 atom stereocenters. The fraction of sp³-hybridized carbons (Fsp3) is 0.214. The molecule has 0 aliphatic heterocycles. The molecule has 0 fully saturated rings. The number of halogens is 4. The van der Waals surface area contributed by atoms with Crippen molar-refractivity contribution in [3.63, 3.8) is 0 Å². The fourth-order valence-corrected chi connectivity index (χ4v) is 2.06. The lowest BCUT2D eigenvalue weighted by Crippen LogP contribution is -2.27. The van der Waals surface area contributed by atoms with Crippen LogP contribution in [0.2, 0.25) is 5.02 Å². The lowest BCUT2D eigenvalue weighted by molar-refractivity contribution is -0.137. The van der Waals surface area contributed by atoms with E-state index < -0.39 is 17.6 Å². The molecule has 2 rings (SSSR count). The molecule has 0 radical (unpaired) electrons. The predicted molar refractivity (Wildman–Crippen MR) is 74.3 cm³/mol. The van der Waals surface area contributed by atoms with E-state index in [0.29, 0.717) is 5.69 Å². The van der Waals surface area contributed by atoms with Crippen LogP contribution in [0.1, 0.15) is 21.6 Å². The van der Waals surface area contributed by atoms with Crippen LogP contribution < -0.4 is 0 Å². The van der Waals surface area contributed by atoms with E-state index in [1.807, 2.05) is 0 Å². The highest BCUT2D eigenvalue weighted by molar-refractivity contribution is 6.33. The molecule has 4 nitrogen and oxygen atoms in total. The minimum Gasteiger partial charge on any atom is -0.336 e. The van der Waals surface area contributed by atoms with Gasteiger partial charge in [-0.15, -0.1) is 0 Å². The first-order valence-electron chi connectivity index (χ1n) is 6.16. The molecule has 0 unspecified atom stereocenters. The summed E-state index contributed by atoms with van der Waals surface area (Å²) in [7, 11) is 1.50. The second-order valence-corrected chi connectivity index (χ2v) is 4.96. The normalized spacial score (nSPS) is 11.3. The zero-order chi connectivity index (χ0) is 16.3. The second-order valence-electron chi connectivity index (χ2n) is 4.55.